The van der Waals surface area contributed by atoms with Crippen LogP contribution < -0.4 is 19.7 Å². The number of benzene rings is 2. The maximum atomic E-state index is 13.0. The number of hydrogen-bond acceptors (Lipinski definition) is 5. The number of fused-ring (bicyclic) bond motifs is 1. The van der Waals surface area contributed by atoms with Gasteiger partial charge in [-0.2, -0.15) is 0 Å². The highest BCUT2D eigenvalue weighted by Gasteiger charge is 2.36. The van der Waals surface area contributed by atoms with Crippen molar-refractivity contribution >= 4 is 17.5 Å². The molecule has 0 aliphatic carbocycles. The normalized spacial score (nSPS) is 18.3. The van der Waals surface area contributed by atoms with Crippen LogP contribution >= 0.6 is 0 Å². The summed E-state index contributed by atoms with van der Waals surface area (Å²) < 4.78 is 10.8. The van der Waals surface area contributed by atoms with Crippen LogP contribution in [0.3, 0.4) is 0 Å². The molecule has 7 nitrogen and oxygen atoms in total. The highest BCUT2D eigenvalue weighted by Crippen LogP contribution is 2.37. The van der Waals surface area contributed by atoms with Crippen molar-refractivity contribution in [2.75, 3.05) is 37.9 Å². The smallest absolute Gasteiger partial charge is 0.231 e. The van der Waals surface area contributed by atoms with E-state index in [2.05, 4.69) is 36.2 Å². The Labute approximate surface area is 189 Å². The molecule has 2 aliphatic heterocycles. The number of anilines is 1. The van der Waals surface area contributed by atoms with Crippen LogP contribution in [0.15, 0.2) is 48.5 Å². The Morgan fingerprint density at radius 3 is 2.62 bits per heavy atom. The predicted octanol–water partition coefficient (Wildman–Crippen LogP) is 2.84. The maximum absolute atomic E-state index is 13.0. The number of amides is 2. The average Bonchev–Trinajstić information content (AvgIpc) is 3.44. The molecule has 2 aliphatic rings. The standard InChI is InChI=1S/C25H31N3O4/c1-3-27(4-2)21(12-18-8-6-5-7-9-18)15-26-25(30)19-13-24(29)28(16-19)20-10-11-22-23(14-20)32-17-31-22/h5-11,14,19,21H,3-4,12-13,15-17H2,1-2H3,(H,26,30). The van der Waals surface area contributed by atoms with Crippen LogP contribution in [0.1, 0.15) is 25.8 Å². The quantitative estimate of drug-likeness (QED) is 0.653. The van der Waals surface area contributed by atoms with Crippen LogP contribution in [0, 0.1) is 5.92 Å². The van der Waals surface area contributed by atoms with Gasteiger partial charge in [0.2, 0.25) is 18.6 Å². The van der Waals surface area contributed by atoms with E-state index in [-0.39, 0.29) is 37.0 Å². The molecule has 4 rings (SSSR count). The first-order valence-corrected chi connectivity index (χ1v) is 11.3. The second-order valence-electron chi connectivity index (χ2n) is 8.25. The zero-order chi connectivity index (χ0) is 22.5. The topological polar surface area (TPSA) is 71.1 Å². The van der Waals surface area contributed by atoms with E-state index >= 15 is 0 Å². The molecule has 2 aromatic rings. The number of carbonyl (C=O) groups is 2. The Morgan fingerprint density at radius 1 is 1.12 bits per heavy atom. The van der Waals surface area contributed by atoms with E-state index in [4.69, 9.17) is 9.47 Å². The SMILES string of the molecule is CCN(CC)C(CNC(=O)C1CC(=O)N(c2ccc3c(c2)OCO3)C1)Cc1ccccc1. The van der Waals surface area contributed by atoms with E-state index in [1.807, 2.05) is 24.3 Å². The third-order valence-electron chi connectivity index (χ3n) is 6.32. The van der Waals surface area contributed by atoms with Gasteiger partial charge in [0.05, 0.1) is 5.92 Å². The van der Waals surface area contributed by atoms with Crippen molar-refractivity contribution < 1.29 is 19.1 Å². The van der Waals surface area contributed by atoms with E-state index < -0.39 is 0 Å². The number of ether oxygens (including phenoxy) is 2. The third-order valence-corrected chi connectivity index (χ3v) is 6.32. The molecule has 2 atom stereocenters. The molecule has 1 fully saturated rings. The lowest BCUT2D eigenvalue weighted by atomic mass is 10.0. The fourth-order valence-corrected chi connectivity index (χ4v) is 4.51. The molecule has 2 unspecified atom stereocenters. The molecule has 0 aromatic heterocycles. The van der Waals surface area contributed by atoms with Gasteiger partial charge in [0.25, 0.3) is 0 Å². The van der Waals surface area contributed by atoms with Crippen molar-refractivity contribution in [3.8, 4) is 11.5 Å². The molecule has 0 bridgehead atoms. The van der Waals surface area contributed by atoms with Crippen molar-refractivity contribution in [3.63, 3.8) is 0 Å². The molecule has 0 saturated carbocycles. The van der Waals surface area contributed by atoms with Crippen molar-refractivity contribution in [1.29, 1.82) is 0 Å². The number of nitrogens with one attached hydrogen (secondary N) is 1. The number of likely N-dealkylation sites (N-methyl/N-ethyl adjacent to an activating group) is 1. The Balaban J connectivity index is 1.37. The summed E-state index contributed by atoms with van der Waals surface area (Å²) in [5.74, 6) is 0.837. The molecular formula is C25H31N3O4. The maximum Gasteiger partial charge on any atom is 0.231 e. The molecule has 170 valence electrons. The minimum atomic E-state index is -0.359. The number of carbonyl (C=O) groups excluding carboxylic acids is 2. The number of hydrogen-bond donors (Lipinski definition) is 1. The van der Waals surface area contributed by atoms with E-state index in [1.54, 1.807) is 17.0 Å². The van der Waals surface area contributed by atoms with Crippen LogP contribution in [0.5, 0.6) is 11.5 Å². The molecule has 2 amide bonds. The van der Waals surface area contributed by atoms with Gasteiger partial charge in [-0.1, -0.05) is 44.2 Å². The van der Waals surface area contributed by atoms with Gasteiger partial charge in [-0.3, -0.25) is 14.5 Å². The fraction of sp³-hybridized carbons (Fsp3) is 0.440. The first-order chi connectivity index (χ1) is 15.6. The summed E-state index contributed by atoms with van der Waals surface area (Å²) in [4.78, 5) is 29.6. The van der Waals surface area contributed by atoms with E-state index in [0.29, 0.717) is 24.6 Å². The van der Waals surface area contributed by atoms with Gasteiger partial charge in [0, 0.05) is 37.3 Å². The lowest BCUT2D eigenvalue weighted by Gasteiger charge is -2.30. The molecule has 2 aromatic carbocycles. The van der Waals surface area contributed by atoms with Crippen LogP contribution in [0.2, 0.25) is 0 Å². The minimum Gasteiger partial charge on any atom is -0.454 e. The van der Waals surface area contributed by atoms with Crippen molar-refractivity contribution in [2.24, 2.45) is 5.92 Å². The summed E-state index contributed by atoms with van der Waals surface area (Å²) in [6.07, 6.45) is 1.09. The summed E-state index contributed by atoms with van der Waals surface area (Å²) in [7, 11) is 0. The molecule has 1 saturated heterocycles. The van der Waals surface area contributed by atoms with Gasteiger partial charge in [-0.15, -0.1) is 0 Å². The first-order valence-electron chi connectivity index (χ1n) is 11.3. The lowest BCUT2D eigenvalue weighted by molar-refractivity contribution is -0.126. The highest BCUT2D eigenvalue weighted by atomic mass is 16.7. The molecule has 2 heterocycles. The van der Waals surface area contributed by atoms with Crippen molar-refractivity contribution in [1.82, 2.24) is 10.2 Å². The van der Waals surface area contributed by atoms with Gasteiger partial charge in [0.1, 0.15) is 0 Å². The zero-order valence-corrected chi connectivity index (χ0v) is 18.8. The van der Waals surface area contributed by atoms with Crippen LogP contribution in [0.4, 0.5) is 5.69 Å². The predicted molar refractivity (Wildman–Crippen MR) is 123 cm³/mol. The highest BCUT2D eigenvalue weighted by molar-refractivity contribution is 6.00. The van der Waals surface area contributed by atoms with Gasteiger partial charge < -0.3 is 19.7 Å². The Bertz CT molecular complexity index is 945. The van der Waals surface area contributed by atoms with Gasteiger partial charge >= 0.3 is 0 Å². The summed E-state index contributed by atoms with van der Waals surface area (Å²) >= 11 is 0. The minimum absolute atomic E-state index is 0.0476. The van der Waals surface area contributed by atoms with Crippen molar-refractivity contribution in [3.05, 3.63) is 54.1 Å². The van der Waals surface area contributed by atoms with E-state index in [0.717, 1.165) is 25.2 Å². The third kappa shape index (κ3) is 4.88. The molecule has 32 heavy (non-hydrogen) atoms. The summed E-state index contributed by atoms with van der Waals surface area (Å²) in [6.45, 7) is 7.25. The Kier molecular flexibility index (Phi) is 6.95. The lowest BCUT2D eigenvalue weighted by Crippen LogP contribution is -2.46. The summed E-state index contributed by atoms with van der Waals surface area (Å²) in [5.41, 5.74) is 1.99. The zero-order valence-electron chi connectivity index (χ0n) is 18.8. The molecule has 0 spiro atoms. The van der Waals surface area contributed by atoms with Crippen LogP contribution in [-0.2, 0) is 16.0 Å². The van der Waals surface area contributed by atoms with Crippen molar-refractivity contribution in [2.45, 2.75) is 32.7 Å². The first kappa shape index (κ1) is 22.1. The Morgan fingerprint density at radius 2 is 1.88 bits per heavy atom. The molecular weight excluding hydrogens is 406 g/mol. The Hall–Kier alpha value is -3.06. The monoisotopic (exact) mass is 437 g/mol. The molecule has 0 radical (unpaired) electrons. The second kappa shape index (κ2) is 10.0. The summed E-state index contributed by atoms with van der Waals surface area (Å²) in [5, 5.41) is 3.12. The van der Waals surface area contributed by atoms with Crippen LogP contribution in [0.25, 0.3) is 0 Å². The van der Waals surface area contributed by atoms with E-state index in [1.165, 1.54) is 5.56 Å². The van der Waals surface area contributed by atoms with Gasteiger partial charge in [0.15, 0.2) is 11.5 Å². The number of rotatable bonds is 9. The van der Waals surface area contributed by atoms with Gasteiger partial charge in [-0.25, -0.2) is 0 Å². The summed E-state index contributed by atoms with van der Waals surface area (Å²) in [6, 6.07) is 16.0. The fourth-order valence-electron chi connectivity index (χ4n) is 4.51. The van der Waals surface area contributed by atoms with Gasteiger partial charge in [-0.05, 0) is 37.2 Å². The average molecular weight is 438 g/mol. The molecule has 1 N–H and O–H groups in total. The number of nitrogens with zero attached hydrogens (tertiary/aromatic N) is 2. The van der Waals surface area contributed by atoms with E-state index in [9.17, 15) is 9.59 Å². The largest absolute Gasteiger partial charge is 0.454 e. The second-order valence-corrected chi connectivity index (χ2v) is 8.25. The van der Waals surface area contributed by atoms with Crippen LogP contribution in [-0.4, -0.2) is 55.7 Å². The molecule has 7 heteroatoms.